The zero-order valence-electron chi connectivity index (χ0n) is 16.6. The normalized spacial score (nSPS) is 11.3. The third kappa shape index (κ3) is 4.05. The first-order chi connectivity index (χ1) is 14.1. The average Bonchev–Trinajstić information content (AvgIpc) is 3.11. The number of pyridine rings is 1. The van der Waals surface area contributed by atoms with E-state index in [1.54, 1.807) is 0 Å². The number of fused-ring (bicyclic) bond motifs is 1. The van der Waals surface area contributed by atoms with Crippen molar-refractivity contribution in [3.63, 3.8) is 0 Å². The molecule has 29 heavy (non-hydrogen) atoms. The molecular formula is C24H24N4O. The van der Waals surface area contributed by atoms with Gasteiger partial charge in [0, 0.05) is 12.7 Å². The van der Waals surface area contributed by atoms with Crippen LogP contribution >= 0.6 is 0 Å². The number of amides is 1. The highest BCUT2D eigenvalue weighted by Crippen LogP contribution is 2.23. The molecule has 0 aliphatic heterocycles. The van der Waals surface area contributed by atoms with Crippen molar-refractivity contribution < 1.29 is 4.79 Å². The first-order valence-corrected chi connectivity index (χ1v) is 9.65. The summed E-state index contributed by atoms with van der Waals surface area (Å²) >= 11 is 0. The topological polar surface area (TPSA) is 49.6 Å². The molecule has 5 heteroatoms. The molecule has 0 saturated heterocycles. The van der Waals surface area contributed by atoms with Crippen molar-refractivity contribution >= 4 is 11.6 Å². The third-order valence-corrected chi connectivity index (χ3v) is 4.85. The Balaban J connectivity index is 1.73. The van der Waals surface area contributed by atoms with E-state index in [1.807, 2.05) is 108 Å². The largest absolute Gasteiger partial charge is 0.340 e. The molecule has 2 aromatic carbocycles. The predicted octanol–water partition coefficient (Wildman–Crippen LogP) is 3.92. The fraction of sp³-hybridized carbons (Fsp3) is 0.167. The van der Waals surface area contributed by atoms with Gasteiger partial charge in [-0.3, -0.25) is 4.79 Å². The minimum Gasteiger partial charge on any atom is -0.340 e. The second-order valence-corrected chi connectivity index (χ2v) is 7.30. The maximum Gasteiger partial charge on any atom is 0.272 e. The van der Waals surface area contributed by atoms with Crippen LogP contribution in [-0.2, 0) is 6.54 Å². The summed E-state index contributed by atoms with van der Waals surface area (Å²) in [5.74, 6) is -0.178. The zero-order chi connectivity index (χ0) is 20.2. The molecule has 4 aromatic rings. The number of hydrogen-bond donors (Lipinski definition) is 1. The van der Waals surface area contributed by atoms with E-state index in [-0.39, 0.29) is 11.9 Å². The highest BCUT2D eigenvalue weighted by molar-refractivity contribution is 5.95. The Hall–Kier alpha value is -3.44. The number of benzene rings is 2. The second kappa shape index (κ2) is 8.29. The van der Waals surface area contributed by atoms with E-state index in [0.717, 1.165) is 22.5 Å². The van der Waals surface area contributed by atoms with Crippen LogP contribution in [0.3, 0.4) is 0 Å². The average molecular weight is 384 g/mol. The van der Waals surface area contributed by atoms with Crippen molar-refractivity contribution in [2.45, 2.75) is 12.6 Å². The summed E-state index contributed by atoms with van der Waals surface area (Å²) < 4.78 is 1.98. The number of hydrogen-bond acceptors (Lipinski definition) is 3. The van der Waals surface area contributed by atoms with Crippen LogP contribution < -0.4 is 5.32 Å². The Morgan fingerprint density at radius 2 is 1.52 bits per heavy atom. The zero-order valence-corrected chi connectivity index (χ0v) is 16.6. The molecule has 2 heterocycles. The molecule has 0 atom stereocenters. The number of nitrogens with zero attached hydrogens (tertiary/aromatic N) is 3. The summed E-state index contributed by atoms with van der Waals surface area (Å²) in [5, 5.41) is 3.21. The van der Waals surface area contributed by atoms with Crippen molar-refractivity contribution in [3.8, 4) is 0 Å². The molecule has 2 aromatic heterocycles. The maximum absolute atomic E-state index is 13.4. The predicted molar refractivity (Wildman–Crippen MR) is 115 cm³/mol. The van der Waals surface area contributed by atoms with Gasteiger partial charge in [0.15, 0.2) is 5.69 Å². The van der Waals surface area contributed by atoms with Gasteiger partial charge >= 0.3 is 0 Å². The van der Waals surface area contributed by atoms with Crippen LogP contribution in [0.2, 0.25) is 0 Å². The van der Waals surface area contributed by atoms with Gasteiger partial charge < -0.3 is 14.6 Å². The fourth-order valence-corrected chi connectivity index (χ4v) is 3.53. The molecule has 0 bridgehead atoms. The molecule has 0 unspecified atom stereocenters. The quantitative estimate of drug-likeness (QED) is 0.548. The summed E-state index contributed by atoms with van der Waals surface area (Å²) in [6.07, 6.45) is 1.95. The van der Waals surface area contributed by atoms with Gasteiger partial charge in [-0.2, -0.15) is 0 Å². The Morgan fingerprint density at radius 3 is 2.10 bits per heavy atom. The van der Waals surface area contributed by atoms with Crippen molar-refractivity contribution in [1.82, 2.24) is 19.6 Å². The van der Waals surface area contributed by atoms with Gasteiger partial charge in [0.25, 0.3) is 5.91 Å². The third-order valence-electron chi connectivity index (χ3n) is 4.85. The van der Waals surface area contributed by atoms with Crippen molar-refractivity contribution in [3.05, 3.63) is 108 Å². The van der Waals surface area contributed by atoms with Crippen LogP contribution in [0.25, 0.3) is 5.65 Å². The second-order valence-electron chi connectivity index (χ2n) is 7.30. The van der Waals surface area contributed by atoms with Gasteiger partial charge in [-0.25, -0.2) is 4.98 Å². The molecule has 0 saturated carbocycles. The molecule has 5 nitrogen and oxygen atoms in total. The lowest BCUT2D eigenvalue weighted by molar-refractivity contribution is 0.0936. The Bertz CT molecular complexity index is 1060. The standard InChI is InChI=1S/C24H24N4O/c1-27(2)17-20-23(25-21-15-9-10-16-28(20)21)24(29)26-22(18-11-5-3-6-12-18)19-13-7-4-8-14-19/h3-16,22H,17H2,1-2H3,(H,26,29). The van der Waals surface area contributed by atoms with Crippen molar-refractivity contribution in [1.29, 1.82) is 0 Å². The molecule has 146 valence electrons. The number of imidazole rings is 1. The molecule has 4 rings (SSSR count). The molecule has 0 aliphatic carbocycles. The Morgan fingerprint density at radius 1 is 0.931 bits per heavy atom. The molecule has 0 aliphatic rings. The summed E-state index contributed by atoms with van der Waals surface area (Å²) in [5.41, 5.74) is 4.17. The van der Waals surface area contributed by atoms with Gasteiger partial charge in [0.05, 0.1) is 11.7 Å². The van der Waals surface area contributed by atoms with Gasteiger partial charge in [0.1, 0.15) is 5.65 Å². The van der Waals surface area contributed by atoms with Crippen LogP contribution in [0.4, 0.5) is 0 Å². The number of rotatable bonds is 6. The highest BCUT2D eigenvalue weighted by Gasteiger charge is 2.23. The first kappa shape index (κ1) is 18.9. The van der Waals surface area contributed by atoms with Crippen LogP contribution in [0.5, 0.6) is 0 Å². The van der Waals surface area contributed by atoms with Crippen LogP contribution in [0.15, 0.2) is 85.1 Å². The van der Waals surface area contributed by atoms with Gasteiger partial charge in [0.2, 0.25) is 0 Å². The minimum atomic E-state index is -0.248. The van der Waals surface area contributed by atoms with E-state index < -0.39 is 0 Å². The van der Waals surface area contributed by atoms with Crippen LogP contribution in [-0.4, -0.2) is 34.3 Å². The van der Waals surface area contributed by atoms with E-state index in [2.05, 4.69) is 10.3 Å². The Labute approximate surface area is 170 Å². The number of nitrogens with one attached hydrogen (secondary N) is 1. The Kier molecular flexibility index (Phi) is 5.40. The van der Waals surface area contributed by atoms with E-state index in [1.165, 1.54) is 0 Å². The number of carbonyl (C=O) groups is 1. The van der Waals surface area contributed by atoms with E-state index in [4.69, 9.17) is 0 Å². The summed E-state index contributed by atoms with van der Waals surface area (Å²) in [4.78, 5) is 20.0. The minimum absolute atomic E-state index is 0.178. The smallest absolute Gasteiger partial charge is 0.272 e. The highest BCUT2D eigenvalue weighted by atomic mass is 16.2. The first-order valence-electron chi connectivity index (χ1n) is 9.65. The summed E-state index contributed by atoms with van der Waals surface area (Å²) in [6, 6.07) is 25.6. The SMILES string of the molecule is CN(C)Cc1c(C(=O)NC(c2ccccc2)c2ccccc2)nc2ccccn12. The van der Waals surface area contributed by atoms with E-state index >= 15 is 0 Å². The summed E-state index contributed by atoms with van der Waals surface area (Å²) in [7, 11) is 3.97. The monoisotopic (exact) mass is 384 g/mol. The molecule has 0 radical (unpaired) electrons. The molecule has 0 fully saturated rings. The van der Waals surface area contributed by atoms with E-state index in [9.17, 15) is 4.79 Å². The van der Waals surface area contributed by atoms with Crippen LogP contribution in [0.1, 0.15) is 33.4 Å². The number of aromatic nitrogens is 2. The van der Waals surface area contributed by atoms with E-state index in [0.29, 0.717) is 12.2 Å². The molecule has 1 N–H and O–H groups in total. The maximum atomic E-state index is 13.4. The molecular weight excluding hydrogens is 360 g/mol. The fourth-order valence-electron chi connectivity index (χ4n) is 3.53. The van der Waals surface area contributed by atoms with Crippen molar-refractivity contribution in [2.24, 2.45) is 0 Å². The molecule has 0 spiro atoms. The van der Waals surface area contributed by atoms with Gasteiger partial charge in [-0.1, -0.05) is 66.7 Å². The van der Waals surface area contributed by atoms with Gasteiger partial charge in [-0.05, 0) is 37.4 Å². The lowest BCUT2D eigenvalue weighted by atomic mass is 9.98. The lowest BCUT2D eigenvalue weighted by Crippen LogP contribution is -2.31. The number of carbonyl (C=O) groups excluding carboxylic acids is 1. The van der Waals surface area contributed by atoms with Crippen molar-refractivity contribution in [2.75, 3.05) is 14.1 Å². The van der Waals surface area contributed by atoms with Crippen LogP contribution in [0, 0.1) is 0 Å². The molecule has 1 amide bonds. The lowest BCUT2D eigenvalue weighted by Gasteiger charge is -2.20. The van der Waals surface area contributed by atoms with Gasteiger partial charge in [-0.15, -0.1) is 0 Å². The summed E-state index contributed by atoms with van der Waals surface area (Å²) in [6.45, 7) is 0.620.